The van der Waals surface area contributed by atoms with Crippen LogP contribution in [0.4, 0.5) is 13.2 Å². The lowest BCUT2D eigenvalue weighted by Crippen LogP contribution is -2.61. The Morgan fingerprint density at radius 2 is 1.65 bits per heavy atom. The van der Waals surface area contributed by atoms with E-state index >= 15 is 4.39 Å². The van der Waals surface area contributed by atoms with Crippen molar-refractivity contribution < 1.29 is 37.1 Å². The van der Waals surface area contributed by atoms with Crippen LogP contribution < -0.4 is 15.4 Å². The number of hydrogen-bond acceptors (Lipinski definition) is 9. The van der Waals surface area contributed by atoms with E-state index in [1.807, 2.05) is 12.1 Å². The average Bonchev–Trinajstić information content (AvgIpc) is 3.64. The van der Waals surface area contributed by atoms with Gasteiger partial charge in [-0.3, -0.25) is 54.1 Å². The van der Waals surface area contributed by atoms with Crippen molar-refractivity contribution in [2.75, 3.05) is 19.6 Å². The van der Waals surface area contributed by atoms with Crippen LogP contribution in [-0.2, 0) is 9.59 Å². The number of rotatable bonds is 9. The number of halogens is 3. The molecule has 0 radical (unpaired) electrons. The second kappa shape index (κ2) is 14.8. The van der Waals surface area contributed by atoms with Crippen LogP contribution in [0, 0.1) is 0 Å². The number of imide groups is 2. The minimum atomic E-state index is -2.71. The van der Waals surface area contributed by atoms with Gasteiger partial charge in [0.05, 0.1) is 28.3 Å². The monoisotopic (exact) mass is 785 g/mol. The number of benzene rings is 2. The van der Waals surface area contributed by atoms with Gasteiger partial charge in [0, 0.05) is 80.2 Å². The van der Waals surface area contributed by atoms with Gasteiger partial charge in [0.2, 0.25) is 11.8 Å². The van der Waals surface area contributed by atoms with Crippen LogP contribution in [0.25, 0.3) is 21.8 Å². The number of likely N-dealkylation sites (tertiary alicyclic amines) is 1. The summed E-state index contributed by atoms with van der Waals surface area (Å²) >= 11 is 0. The van der Waals surface area contributed by atoms with Crippen molar-refractivity contribution in [1.29, 1.82) is 0 Å². The number of pyridine rings is 1. The molecule has 300 valence electrons. The maximum Gasteiger partial charge on any atom is 0.319 e. The van der Waals surface area contributed by atoms with E-state index in [4.69, 9.17) is 4.74 Å². The van der Waals surface area contributed by atoms with E-state index in [2.05, 4.69) is 39.3 Å². The second-order valence-electron chi connectivity index (χ2n) is 16.4. The molecule has 1 saturated carbocycles. The van der Waals surface area contributed by atoms with E-state index < -0.39 is 48.6 Å². The Morgan fingerprint density at radius 1 is 0.877 bits per heavy atom. The van der Waals surface area contributed by atoms with Gasteiger partial charge in [0.15, 0.2) is 0 Å². The molecule has 1 aliphatic carbocycles. The molecule has 57 heavy (non-hydrogen) atoms. The number of carbonyl (C=O) groups excluding carboxylic acids is 4. The normalized spacial score (nSPS) is 27.5. The predicted molar refractivity (Wildman–Crippen MR) is 205 cm³/mol. The van der Waals surface area contributed by atoms with Crippen LogP contribution in [0.2, 0.25) is 0 Å². The zero-order chi connectivity index (χ0) is 39.7. The summed E-state index contributed by atoms with van der Waals surface area (Å²) in [6.45, 7) is 3.77. The fourth-order valence-electron chi connectivity index (χ4n) is 10.1. The lowest BCUT2D eigenvalue weighted by molar-refractivity contribution is -0.136. The predicted octanol–water partition coefficient (Wildman–Crippen LogP) is 5.51. The van der Waals surface area contributed by atoms with Gasteiger partial charge in [-0.05, 0) is 81.3 Å². The van der Waals surface area contributed by atoms with Gasteiger partial charge in [-0.15, -0.1) is 0 Å². The third-order valence-corrected chi connectivity index (χ3v) is 12.8. The number of ether oxygens (including phenoxy) is 1. The first-order valence-corrected chi connectivity index (χ1v) is 20.0. The first-order chi connectivity index (χ1) is 27.5. The fourth-order valence-corrected chi connectivity index (χ4v) is 10.1. The van der Waals surface area contributed by atoms with E-state index in [0.29, 0.717) is 58.6 Å². The number of nitrogens with zero attached hydrogens (tertiary/aromatic N) is 5. The van der Waals surface area contributed by atoms with E-state index in [0.717, 1.165) is 53.8 Å². The van der Waals surface area contributed by atoms with Gasteiger partial charge in [-0.2, -0.15) is 8.78 Å². The number of piperidine rings is 3. The smallest absolute Gasteiger partial charge is 0.319 e. The Hall–Kier alpha value is -4.86. The van der Waals surface area contributed by atoms with E-state index in [9.17, 15) is 28.0 Å². The minimum Gasteiger partial charge on any atom is -0.490 e. The van der Waals surface area contributed by atoms with Crippen molar-refractivity contribution >= 4 is 45.4 Å². The molecule has 3 saturated heterocycles. The van der Waals surface area contributed by atoms with E-state index in [1.165, 1.54) is 6.20 Å². The summed E-state index contributed by atoms with van der Waals surface area (Å²) in [5.74, 6) is -1.82. The van der Waals surface area contributed by atoms with Gasteiger partial charge in [-0.1, -0.05) is 12.1 Å². The maximum absolute atomic E-state index is 16.0. The van der Waals surface area contributed by atoms with Gasteiger partial charge >= 0.3 is 6.55 Å². The van der Waals surface area contributed by atoms with Crippen LogP contribution in [0.3, 0.4) is 0 Å². The van der Waals surface area contributed by atoms with Crippen molar-refractivity contribution in [2.24, 2.45) is 0 Å². The van der Waals surface area contributed by atoms with Crippen molar-refractivity contribution in [3.05, 3.63) is 71.5 Å². The van der Waals surface area contributed by atoms with Crippen LogP contribution in [-0.4, -0.2) is 110 Å². The molecule has 12 nitrogen and oxygen atoms in total. The highest BCUT2D eigenvalue weighted by Crippen LogP contribution is 2.39. The summed E-state index contributed by atoms with van der Waals surface area (Å²) in [6.07, 6.45) is 5.45. The summed E-state index contributed by atoms with van der Waals surface area (Å²) < 4.78 is 51.7. The molecule has 0 bridgehead atoms. The van der Waals surface area contributed by atoms with Gasteiger partial charge in [-0.25, -0.2) is 4.39 Å². The second-order valence-corrected chi connectivity index (χ2v) is 16.4. The largest absolute Gasteiger partial charge is 0.490 e. The molecule has 2 N–H and O–H groups in total. The molecule has 4 atom stereocenters. The maximum atomic E-state index is 16.0. The first-order valence-electron chi connectivity index (χ1n) is 20.0. The quantitative estimate of drug-likeness (QED) is 0.211. The molecule has 0 spiro atoms. The van der Waals surface area contributed by atoms with Crippen molar-refractivity contribution in [3.8, 4) is 5.75 Å². The standard InChI is InChI=1S/C42H46F3N7O5/c1-22(2)50(26-17-28(18-26)57-27-4-6-30-31(19-27)41(56)52(40(30)55)35-7-8-37(53)48-39(35)54)25-10-13-49(14-11-25)38-33(43)15-24(20-47-38)23-3-5-29-32-21-46-12-9-34(32)51(42(44)45)36(29)16-23/h3-6,9,12,16,19,21-22,24-26,28,33,35,38,42,47H,7-8,10-11,13-15,17-18,20H2,1-2H3,(H,48,53,54). The molecular formula is C42H46F3N7O5. The molecule has 4 unspecified atom stereocenters. The number of fused-ring (bicyclic) bond motifs is 4. The zero-order valence-electron chi connectivity index (χ0n) is 31.9. The fraction of sp³-hybridized carbons (Fsp3) is 0.500. The first kappa shape index (κ1) is 37.7. The number of amides is 4. The lowest BCUT2D eigenvalue weighted by atomic mass is 9.84. The number of carbonyl (C=O) groups is 4. The average molecular weight is 786 g/mol. The minimum absolute atomic E-state index is 0.0593. The van der Waals surface area contributed by atoms with Crippen LogP contribution in [0.1, 0.15) is 97.5 Å². The molecule has 4 aromatic rings. The Labute approximate surface area is 327 Å². The van der Waals surface area contributed by atoms with E-state index in [1.54, 1.807) is 36.5 Å². The van der Waals surface area contributed by atoms with Gasteiger partial charge in [0.25, 0.3) is 11.8 Å². The highest BCUT2D eigenvalue weighted by molar-refractivity contribution is 6.23. The molecular weight excluding hydrogens is 739 g/mol. The molecule has 4 fully saturated rings. The number of aromatic nitrogens is 2. The third kappa shape index (κ3) is 6.66. The molecule has 2 aromatic carbocycles. The molecule has 5 aliphatic rings. The summed E-state index contributed by atoms with van der Waals surface area (Å²) in [6, 6.07) is 11.9. The van der Waals surface area contributed by atoms with Gasteiger partial charge in [0.1, 0.15) is 24.1 Å². The highest BCUT2D eigenvalue weighted by Gasteiger charge is 2.46. The summed E-state index contributed by atoms with van der Waals surface area (Å²) in [7, 11) is 0. The topological polar surface area (TPSA) is 129 Å². The Balaban J connectivity index is 0.783. The molecule has 2 aromatic heterocycles. The number of hydrogen-bond donors (Lipinski definition) is 2. The molecule has 15 heteroatoms. The van der Waals surface area contributed by atoms with E-state index in [-0.39, 0.29) is 36.0 Å². The zero-order valence-corrected chi connectivity index (χ0v) is 31.9. The van der Waals surface area contributed by atoms with Crippen LogP contribution in [0.5, 0.6) is 5.75 Å². The summed E-state index contributed by atoms with van der Waals surface area (Å²) in [5, 5.41) is 7.06. The Kier molecular flexibility index (Phi) is 9.80. The number of nitrogens with one attached hydrogen (secondary N) is 2. The van der Waals surface area contributed by atoms with Crippen LogP contribution >= 0.6 is 0 Å². The lowest BCUT2D eigenvalue weighted by Gasteiger charge is -2.51. The van der Waals surface area contributed by atoms with Crippen molar-refractivity contribution in [1.82, 2.24) is 34.9 Å². The van der Waals surface area contributed by atoms with Crippen molar-refractivity contribution in [2.45, 2.75) is 114 Å². The summed E-state index contributed by atoms with van der Waals surface area (Å²) in [4.78, 5) is 60.3. The van der Waals surface area contributed by atoms with Crippen LogP contribution in [0.15, 0.2) is 54.9 Å². The molecule has 4 amide bonds. The summed E-state index contributed by atoms with van der Waals surface area (Å²) in [5.41, 5.74) is 2.12. The van der Waals surface area contributed by atoms with Gasteiger partial charge < -0.3 is 4.74 Å². The third-order valence-electron chi connectivity index (χ3n) is 12.8. The molecule has 4 aliphatic heterocycles. The molecule has 9 rings (SSSR count). The molecule has 6 heterocycles. The Morgan fingerprint density at radius 3 is 2.37 bits per heavy atom. The number of alkyl halides is 3. The van der Waals surface area contributed by atoms with Crippen molar-refractivity contribution in [3.63, 3.8) is 0 Å². The highest BCUT2D eigenvalue weighted by atomic mass is 19.3. The SMILES string of the molecule is CC(C)N(C1CCN(C2NCC(c3ccc4c5cnccc5n(C(F)F)c4c3)CC2F)CC1)C1CC(Oc2ccc3c(c2)C(=O)N(C2CCC(=O)NC2=O)C3=O)C1. The Bertz CT molecular complexity index is 2250.